The Balaban J connectivity index is 1.83. The highest BCUT2D eigenvalue weighted by Gasteiger charge is 2.43. The summed E-state index contributed by atoms with van der Waals surface area (Å²) in [6.07, 6.45) is -3.72. The summed E-state index contributed by atoms with van der Waals surface area (Å²) in [4.78, 5) is 26.9. The lowest BCUT2D eigenvalue weighted by Gasteiger charge is -2.39. The molecule has 184 valence electrons. The highest BCUT2D eigenvalue weighted by atomic mass is 19.4. The maximum absolute atomic E-state index is 13.6. The Morgan fingerprint density at radius 3 is 2.51 bits per heavy atom. The Morgan fingerprint density at radius 2 is 1.83 bits per heavy atom. The summed E-state index contributed by atoms with van der Waals surface area (Å²) in [5.41, 5.74) is 1.01. The van der Waals surface area contributed by atoms with Gasteiger partial charge in [-0.15, -0.1) is 0 Å². The fourth-order valence-electron chi connectivity index (χ4n) is 4.92. The summed E-state index contributed by atoms with van der Waals surface area (Å²) < 4.78 is 46.0. The molecule has 2 aromatic carbocycles. The third-order valence-corrected chi connectivity index (χ3v) is 6.39. The molecule has 0 radical (unpaired) electrons. The highest BCUT2D eigenvalue weighted by Crippen LogP contribution is 2.47. The van der Waals surface area contributed by atoms with Crippen LogP contribution in [0.15, 0.2) is 71.1 Å². The predicted octanol–water partition coefficient (Wildman–Crippen LogP) is 5.96. The second-order valence-electron chi connectivity index (χ2n) is 9.70. The third kappa shape index (κ3) is 4.83. The van der Waals surface area contributed by atoms with Gasteiger partial charge in [-0.1, -0.05) is 38.1 Å². The molecule has 1 heterocycles. The van der Waals surface area contributed by atoms with Gasteiger partial charge in [0, 0.05) is 34.9 Å². The van der Waals surface area contributed by atoms with E-state index in [1.54, 1.807) is 31.2 Å². The van der Waals surface area contributed by atoms with E-state index >= 15 is 0 Å². The van der Waals surface area contributed by atoms with Crippen LogP contribution in [0.5, 0.6) is 5.75 Å². The number of benzene rings is 2. The molecule has 1 aliphatic heterocycles. The van der Waals surface area contributed by atoms with Crippen molar-refractivity contribution in [1.29, 1.82) is 0 Å². The minimum atomic E-state index is -4.63. The van der Waals surface area contributed by atoms with Gasteiger partial charge in [-0.3, -0.25) is 9.59 Å². The van der Waals surface area contributed by atoms with E-state index in [1.165, 1.54) is 25.3 Å². The molecule has 0 saturated carbocycles. The predicted molar refractivity (Wildman–Crippen MR) is 127 cm³/mol. The van der Waals surface area contributed by atoms with Gasteiger partial charge in [-0.2, -0.15) is 13.2 Å². The summed E-state index contributed by atoms with van der Waals surface area (Å²) in [5.74, 6) is -0.997. The van der Waals surface area contributed by atoms with Gasteiger partial charge in [0.15, 0.2) is 5.78 Å². The first-order valence-corrected chi connectivity index (χ1v) is 11.3. The first kappa shape index (κ1) is 24.6. The number of carbonyl (C=O) groups is 2. The number of dihydropyridines is 1. The van der Waals surface area contributed by atoms with Crippen molar-refractivity contribution in [3.8, 4) is 5.75 Å². The number of para-hydroxylation sites is 1. The lowest BCUT2D eigenvalue weighted by molar-refractivity contribution is -0.137. The molecule has 2 aromatic rings. The van der Waals surface area contributed by atoms with E-state index in [-0.39, 0.29) is 22.5 Å². The molecule has 2 N–H and O–H groups in total. The molecule has 1 amide bonds. The number of hydrogen-bond donors (Lipinski definition) is 2. The van der Waals surface area contributed by atoms with Gasteiger partial charge in [0.05, 0.1) is 18.4 Å². The number of allylic oxidation sites excluding steroid dienone is 3. The maximum atomic E-state index is 13.6. The lowest BCUT2D eigenvalue weighted by Crippen LogP contribution is -2.39. The number of amides is 1. The van der Waals surface area contributed by atoms with Crippen molar-refractivity contribution in [1.82, 2.24) is 5.32 Å². The van der Waals surface area contributed by atoms with Crippen LogP contribution in [0.3, 0.4) is 0 Å². The molecular formula is C27H27F3N2O3. The van der Waals surface area contributed by atoms with E-state index in [0.29, 0.717) is 35.4 Å². The van der Waals surface area contributed by atoms with E-state index in [9.17, 15) is 22.8 Å². The molecule has 35 heavy (non-hydrogen) atoms. The van der Waals surface area contributed by atoms with Crippen molar-refractivity contribution < 1.29 is 27.5 Å². The second-order valence-corrected chi connectivity index (χ2v) is 9.70. The molecule has 5 nitrogen and oxygen atoms in total. The van der Waals surface area contributed by atoms with Gasteiger partial charge < -0.3 is 15.4 Å². The number of ketones is 1. The van der Waals surface area contributed by atoms with Crippen LogP contribution in [0.4, 0.5) is 18.9 Å². The number of methoxy groups -OCH3 is 1. The first-order valence-electron chi connectivity index (χ1n) is 11.3. The molecule has 0 saturated heterocycles. The summed E-state index contributed by atoms with van der Waals surface area (Å²) in [7, 11) is 1.52. The largest absolute Gasteiger partial charge is 0.497 e. The van der Waals surface area contributed by atoms with Crippen LogP contribution >= 0.6 is 0 Å². The molecule has 2 aliphatic rings. The number of carbonyl (C=O) groups excluding carboxylic acids is 2. The number of nitrogens with one attached hydrogen (secondary N) is 2. The zero-order valence-electron chi connectivity index (χ0n) is 20.0. The monoisotopic (exact) mass is 484 g/mol. The van der Waals surface area contributed by atoms with Crippen molar-refractivity contribution >= 4 is 17.4 Å². The Hall–Kier alpha value is -3.55. The average molecular weight is 485 g/mol. The van der Waals surface area contributed by atoms with E-state index in [0.717, 1.165) is 11.8 Å². The Labute approximate surface area is 202 Å². The van der Waals surface area contributed by atoms with Crippen LogP contribution in [0.25, 0.3) is 0 Å². The molecular weight excluding hydrogens is 457 g/mol. The first-order chi connectivity index (χ1) is 16.4. The molecule has 0 bridgehead atoms. The van der Waals surface area contributed by atoms with Crippen LogP contribution < -0.4 is 15.4 Å². The Bertz CT molecular complexity index is 1260. The minimum Gasteiger partial charge on any atom is -0.497 e. The van der Waals surface area contributed by atoms with Gasteiger partial charge in [0.1, 0.15) is 5.75 Å². The molecule has 1 aliphatic carbocycles. The summed E-state index contributed by atoms with van der Waals surface area (Å²) in [5, 5.41) is 5.67. The van der Waals surface area contributed by atoms with Crippen molar-refractivity contribution in [3.05, 3.63) is 82.2 Å². The number of rotatable bonds is 4. The number of halogens is 3. The van der Waals surface area contributed by atoms with E-state index < -0.39 is 23.6 Å². The fraction of sp³-hybridized carbons (Fsp3) is 0.333. The Kier molecular flexibility index (Phi) is 6.25. The average Bonchev–Trinajstić information content (AvgIpc) is 2.76. The van der Waals surface area contributed by atoms with Gasteiger partial charge in [0.2, 0.25) is 0 Å². The van der Waals surface area contributed by atoms with Crippen LogP contribution in [0.1, 0.15) is 50.7 Å². The number of anilines is 1. The summed E-state index contributed by atoms with van der Waals surface area (Å²) in [6.45, 7) is 5.71. The summed E-state index contributed by atoms with van der Waals surface area (Å²) in [6, 6.07) is 11.9. The smallest absolute Gasteiger partial charge is 0.418 e. The number of hydrogen-bond acceptors (Lipinski definition) is 4. The van der Waals surface area contributed by atoms with E-state index in [1.807, 2.05) is 13.8 Å². The van der Waals surface area contributed by atoms with Crippen LogP contribution in [0.2, 0.25) is 0 Å². The van der Waals surface area contributed by atoms with Gasteiger partial charge in [-0.05, 0) is 48.6 Å². The van der Waals surface area contributed by atoms with E-state index in [4.69, 9.17) is 4.74 Å². The topological polar surface area (TPSA) is 67.4 Å². The van der Waals surface area contributed by atoms with Crippen molar-refractivity contribution in [2.24, 2.45) is 5.41 Å². The lowest BCUT2D eigenvalue weighted by atomic mass is 9.68. The minimum absolute atomic E-state index is 0.0925. The highest BCUT2D eigenvalue weighted by molar-refractivity contribution is 6.10. The molecule has 4 rings (SSSR count). The van der Waals surface area contributed by atoms with Crippen LogP contribution in [-0.4, -0.2) is 18.8 Å². The van der Waals surface area contributed by atoms with Crippen LogP contribution in [-0.2, 0) is 15.8 Å². The molecule has 0 spiro atoms. The standard InChI is InChI=1S/C27H27F3N2O3/c1-15-22(25(34)32-19-11-6-5-10-18(19)27(28,29)30)23(16-8-7-9-17(12-16)35-4)24-20(31-15)13-26(2,3)14-21(24)33/h5-12,23,31H,13-14H2,1-4H3,(H,32,34)/t23-/m1/s1. The SMILES string of the molecule is COc1cccc([C@@H]2C(C(=O)Nc3ccccc3C(F)(F)F)=C(C)NC3=C2C(=O)CC(C)(C)C3)c1. The number of Topliss-reactive ketones (excluding diaryl/α,β-unsaturated/α-hetero) is 1. The molecule has 8 heteroatoms. The summed E-state index contributed by atoms with van der Waals surface area (Å²) >= 11 is 0. The number of ether oxygens (including phenoxy) is 1. The van der Waals surface area contributed by atoms with Crippen LogP contribution in [0, 0.1) is 5.41 Å². The zero-order valence-corrected chi connectivity index (χ0v) is 20.0. The third-order valence-electron chi connectivity index (χ3n) is 6.39. The zero-order chi connectivity index (χ0) is 25.5. The number of alkyl halides is 3. The Morgan fingerprint density at radius 1 is 1.11 bits per heavy atom. The maximum Gasteiger partial charge on any atom is 0.418 e. The van der Waals surface area contributed by atoms with Crippen molar-refractivity contribution in [2.75, 3.05) is 12.4 Å². The van der Waals surface area contributed by atoms with E-state index in [2.05, 4.69) is 10.6 Å². The van der Waals surface area contributed by atoms with Crippen molar-refractivity contribution in [2.45, 2.75) is 45.7 Å². The molecule has 1 atom stereocenters. The molecule has 0 aromatic heterocycles. The van der Waals surface area contributed by atoms with Crippen molar-refractivity contribution in [3.63, 3.8) is 0 Å². The van der Waals surface area contributed by atoms with Gasteiger partial charge in [-0.25, -0.2) is 0 Å². The molecule has 0 fully saturated rings. The van der Waals surface area contributed by atoms with Gasteiger partial charge >= 0.3 is 6.18 Å². The van der Waals surface area contributed by atoms with Gasteiger partial charge in [0.25, 0.3) is 5.91 Å². The fourth-order valence-corrected chi connectivity index (χ4v) is 4.92. The second kappa shape index (κ2) is 8.91. The molecule has 0 unspecified atom stereocenters. The normalized spacial score (nSPS) is 19.7. The quantitative estimate of drug-likeness (QED) is 0.562.